The minimum Gasteiger partial charge on any atom is -0.489 e. The van der Waals surface area contributed by atoms with Gasteiger partial charge in [0.1, 0.15) is 12.4 Å². The zero-order valence-corrected chi connectivity index (χ0v) is 12.5. The largest absolute Gasteiger partial charge is 0.489 e. The number of hydrogen-bond donors (Lipinski definition) is 1. The van der Waals surface area contributed by atoms with Crippen LogP contribution in [0.3, 0.4) is 0 Å². The van der Waals surface area contributed by atoms with Gasteiger partial charge in [-0.05, 0) is 42.7 Å². The van der Waals surface area contributed by atoms with Gasteiger partial charge in [-0.1, -0.05) is 43.1 Å². The van der Waals surface area contributed by atoms with Gasteiger partial charge in [-0.25, -0.2) is 0 Å². The Labute approximate surface area is 125 Å². The second kappa shape index (κ2) is 7.20. The van der Waals surface area contributed by atoms with E-state index in [0.717, 1.165) is 17.7 Å². The molecule has 0 aliphatic heterocycles. The maximum Gasteiger partial charge on any atom is 0.119 e. The Kier molecular flexibility index (Phi) is 5.31. The molecule has 0 saturated carbocycles. The van der Waals surface area contributed by atoms with Crippen molar-refractivity contribution in [2.75, 3.05) is 5.73 Å². The highest BCUT2D eigenvalue weighted by Gasteiger charge is 2.02. The fraction of sp³-hybridized carbons (Fsp3) is 0.294. The van der Waals surface area contributed by atoms with Gasteiger partial charge in [0.25, 0.3) is 0 Å². The molecule has 0 bridgehead atoms. The van der Waals surface area contributed by atoms with Gasteiger partial charge in [0.05, 0.1) is 0 Å². The molecule has 2 aromatic rings. The molecule has 0 aromatic heterocycles. The highest BCUT2D eigenvalue weighted by atomic mass is 35.5. The number of rotatable bonds is 6. The van der Waals surface area contributed by atoms with Crippen LogP contribution in [0.4, 0.5) is 5.69 Å². The molecule has 0 heterocycles. The number of ether oxygens (including phenoxy) is 1. The Morgan fingerprint density at radius 2 is 1.85 bits per heavy atom. The lowest BCUT2D eigenvalue weighted by Gasteiger charge is -2.09. The van der Waals surface area contributed by atoms with Crippen molar-refractivity contribution in [1.29, 1.82) is 0 Å². The van der Waals surface area contributed by atoms with Crippen molar-refractivity contribution < 1.29 is 4.74 Å². The summed E-state index contributed by atoms with van der Waals surface area (Å²) >= 11 is 6.12. The topological polar surface area (TPSA) is 35.2 Å². The summed E-state index contributed by atoms with van der Waals surface area (Å²) in [4.78, 5) is 0. The van der Waals surface area contributed by atoms with E-state index in [4.69, 9.17) is 22.1 Å². The molecule has 0 radical (unpaired) electrons. The summed E-state index contributed by atoms with van der Waals surface area (Å²) in [5, 5.41) is 0.643. The van der Waals surface area contributed by atoms with Gasteiger partial charge < -0.3 is 10.5 Å². The average Bonchev–Trinajstić information content (AvgIpc) is 2.45. The van der Waals surface area contributed by atoms with Gasteiger partial charge in [0, 0.05) is 16.3 Å². The predicted octanol–water partition coefficient (Wildman–Crippen LogP) is 4.84. The van der Waals surface area contributed by atoms with Gasteiger partial charge >= 0.3 is 0 Å². The smallest absolute Gasteiger partial charge is 0.119 e. The van der Waals surface area contributed by atoms with Crippen molar-refractivity contribution in [1.82, 2.24) is 0 Å². The molecule has 0 saturated heterocycles. The van der Waals surface area contributed by atoms with Crippen molar-refractivity contribution in [2.45, 2.75) is 32.8 Å². The zero-order chi connectivity index (χ0) is 14.4. The van der Waals surface area contributed by atoms with Crippen LogP contribution in [0, 0.1) is 0 Å². The third-order valence-electron chi connectivity index (χ3n) is 3.21. The molecule has 2 nitrogen and oxygen atoms in total. The fourth-order valence-corrected chi connectivity index (χ4v) is 2.22. The highest BCUT2D eigenvalue weighted by molar-refractivity contribution is 6.31. The summed E-state index contributed by atoms with van der Waals surface area (Å²) in [6.45, 7) is 2.65. The van der Waals surface area contributed by atoms with Crippen molar-refractivity contribution in [3.8, 4) is 5.75 Å². The van der Waals surface area contributed by atoms with E-state index < -0.39 is 0 Å². The zero-order valence-electron chi connectivity index (χ0n) is 11.7. The SMILES string of the molecule is CCCCc1ccc(OCc2ccc(N)cc2Cl)cc1. The summed E-state index contributed by atoms with van der Waals surface area (Å²) < 4.78 is 5.75. The molecular weight excluding hydrogens is 270 g/mol. The van der Waals surface area contributed by atoms with Crippen molar-refractivity contribution >= 4 is 17.3 Å². The molecule has 0 atom stereocenters. The molecule has 0 aliphatic rings. The second-order valence-corrected chi connectivity index (χ2v) is 5.29. The monoisotopic (exact) mass is 289 g/mol. The number of anilines is 1. The Morgan fingerprint density at radius 1 is 1.10 bits per heavy atom. The third-order valence-corrected chi connectivity index (χ3v) is 3.57. The maximum absolute atomic E-state index is 6.12. The van der Waals surface area contributed by atoms with Crippen LogP contribution in [-0.4, -0.2) is 0 Å². The standard InChI is InChI=1S/C17H20ClNO/c1-2-3-4-13-5-9-16(10-6-13)20-12-14-7-8-15(19)11-17(14)18/h5-11H,2-4,12,19H2,1H3. The van der Waals surface area contributed by atoms with Crippen molar-refractivity contribution in [3.05, 3.63) is 58.6 Å². The van der Waals surface area contributed by atoms with Crippen LogP contribution in [0.1, 0.15) is 30.9 Å². The van der Waals surface area contributed by atoms with Crippen LogP contribution < -0.4 is 10.5 Å². The van der Waals surface area contributed by atoms with E-state index in [1.165, 1.54) is 18.4 Å². The van der Waals surface area contributed by atoms with E-state index in [0.29, 0.717) is 17.3 Å². The lowest BCUT2D eigenvalue weighted by atomic mass is 10.1. The quantitative estimate of drug-likeness (QED) is 0.772. The lowest BCUT2D eigenvalue weighted by Crippen LogP contribution is -1.97. The number of benzene rings is 2. The predicted molar refractivity (Wildman–Crippen MR) is 85.3 cm³/mol. The first-order valence-corrected chi connectivity index (χ1v) is 7.32. The first kappa shape index (κ1) is 14.7. The van der Waals surface area contributed by atoms with Crippen LogP contribution in [0.2, 0.25) is 5.02 Å². The summed E-state index contributed by atoms with van der Waals surface area (Å²) in [6.07, 6.45) is 3.57. The summed E-state index contributed by atoms with van der Waals surface area (Å²) in [5.41, 5.74) is 8.62. The minimum atomic E-state index is 0.452. The van der Waals surface area contributed by atoms with Crippen LogP contribution >= 0.6 is 11.6 Å². The molecule has 2 N–H and O–H groups in total. The Hall–Kier alpha value is -1.67. The first-order valence-electron chi connectivity index (χ1n) is 6.94. The number of aryl methyl sites for hydroxylation is 1. The van der Waals surface area contributed by atoms with Crippen molar-refractivity contribution in [3.63, 3.8) is 0 Å². The van der Waals surface area contributed by atoms with E-state index in [9.17, 15) is 0 Å². The molecule has 0 unspecified atom stereocenters. The molecule has 0 amide bonds. The Balaban J connectivity index is 1.93. The van der Waals surface area contributed by atoms with Crippen LogP contribution in [0.15, 0.2) is 42.5 Å². The molecule has 3 heteroatoms. The van der Waals surface area contributed by atoms with Crippen LogP contribution in [-0.2, 0) is 13.0 Å². The molecule has 2 aromatic carbocycles. The number of nitrogens with two attached hydrogens (primary N) is 1. The number of nitrogen functional groups attached to an aromatic ring is 1. The number of halogens is 1. The van der Waals surface area contributed by atoms with Crippen molar-refractivity contribution in [2.24, 2.45) is 0 Å². The molecule has 106 valence electrons. The lowest BCUT2D eigenvalue weighted by molar-refractivity contribution is 0.306. The maximum atomic E-state index is 6.12. The summed E-state index contributed by atoms with van der Waals surface area (Å²) in [5.74, 6) is 0.859. The average molecular weight is 290 g/mol. The van der Waals surface area contributed by atoms with E-state index in [-0.39, 0.29) is 0 Å². The van der Waals surface area contributed by atoms with Gasteiger partial charge in [-0.3, -0.25) is 0 Å². The molecule has 20 heavy (non-hydrogen) atoms. The number of hydrogen-bond acceptors (Lipinski definition) is 2. The van der Waals surface area contributed by atoms with E-state index in [1.54, 1.807) is 6.07 Å². The third kappa shape index (κ3) is 4.17. The Morgan fingerprint density at radius 3 is 2.50 bits per heavy atom. The highest BCUT2D eigenvalue weighted by Crippen LogP contribution is 2.21. The van der Waals surface area contributed by atoms with Crippen LogP contribution in [0.5, 0.6) is 5.75 Å². The Bertz CT molecular complexity index is 551. The molecule has 0 fully saturated rings. The first-order chi connectivity index (χ1) is 9.69. The van der Waals surface area contributed by atoms with Gasteiger partial charge in [-0.15, -0.1) is 0 Å². The van der Waals surface area contributed by atoms with E-state index in [1.807, 2.05) is 24.3 Å². The molecular formula is C17H20ClNO. The van der Waals surface area contributed by atoms with Gasteiger partial charge in [0.2, 0.25) is 0 Å². The molecule has 2 rings (SSSR count). The summed E-state index contributed by atoms with van der Waals surface area (Å²) in [7, 11) is 0. The van der Waals surface area contributed by atoms with E-state index >= 15 is 0 Å². The van der Waals surface area contributed by atoms with Gasteiger partial charge in [-0.2, -0.15) is 0 Å². The molecule has 0 spiro atoms. The molecule has 0 aliphatic carbocycles. The van der Waals surface area contributed by atoms with Gasteiger partial charge in [0.15, 0.2) is 0 Å². The second-order valence-electron chi connectivity index (χ2n) is 4.89. The van der Waals surface area contributed by atoms with E-state index in [2.05, 4.69) is 19.1 Å². The fourth-order valence-electron chi connectivity index (χ4n) is 1.97. The minimum absolute atomic E-state index is 0.452. The number of unbranched alkanes of at least 4 members (excludes halogenated alkanes) is 1. The normalized spacial score (nSPS) is 10.5. The van der Waals surface area contributed by atoms with Crippen LogP contribution in [0.25, 0.3) is 0 Å². The summed E-state index contributed by atoms with van der Waals surface area (Å²) in [6, 6.07) is 13.7.